The Balaban J connectivity index is 1.35. The van der Waals surface area contributed by atoms with Crippen molar-refractivity contribution in [1.29, 1.82) is 0 Å². The number of alkyl halides is 3. The number of amides is 2. The summed E-state index contributed by atoms with van der Waals surface area (Å²) < 4.78 is 56.6. The molecule has 2 amide bonds. The molecule has 3 aromatic carbocycles. The number of nitrogens with zero attached hydrogens (tertiary/aromatic N) is 4. The Hall–Kier alpha value is -5.56. The second-order valence-electron chi connectivity index (χ2n) is 11.4. The van der Waals surface area contributed by atoms with Gasteiger partial charge in [0.2, 0.25) is 0 Å². The normalized spacial score (nSPS) is 14.6. The van der Waals surface area contributed by atoms with E-state index in [9.17, 15) is 27.2 Å². The molecule has 9 nitrogen and oxygen atoms in total. The molecule has 47 heavy (non-hydrogen) atoms. The van der Waals surface area contributed by atoms with Crippen LogP contribution < -0.4 is 16.0 Å². The van der Waals surface area contributed by atoms with Crippen LogP contribution in [-0.4, -0.2) is 45.6 Å². The van der Waals surface area contributed by atoms with Gasteiger partial charge < -0.3 is 20.9 Å². The number of pyridine rings is 1. The Bertz CT molecular complexity index is 2030. The topological polar surface area (TPSA) is 104 Å². The molecule has 0 fully saturated rings. The first-order valence-electron chi connectivity index (χ1n) is 14.5. The fourth-order valence-electron chi connectivity index (χ4n) is 5.54. The Morgan fingerprint density at radius 1 is 0.936 bits per heavy atom. The van der Waals surface area contributed by atoms with Crippen molar-refractivity contribution in [1.82, 2.24) is 19.7 Å². The summed E-state index contributed by atoms with van der Waals surface area (Å²) in [6.45, 7) is 2.33. The quantitative estimate of drug-likeness (QED) is 0.168. The maximum Gasteiger partial charge on any atom is 0.419 e. The molecule has 1 atom stereocenters. The lowest BCUT2D eigenvalue weighted by Crippen LogP contribution is -2.31. The number of rotatable bonds is 7. The Kier molecular flexibility index (Phi) is 8.24. The molecule has 240 valence electrons. The number of halogens is 4. The molecule has 5 aromatic rings. The first-order valence-corrected chi connectivity index (χ1v) is 14.5. The van der Waals surface area contributed by atoms with Crippen molar-refractivity contribution in [3.05, 3.63) is 125 Å². The SMILES string of the molecule is CC1=C(C(=O)Nc2ccc3cnccc3c2)C(c2ccc(C(F)(F)F)c(F)c2)n2nc(NC(=O)c3ccc(CN(C)C)cc3)cc2N1. The van der Waals surface area contributed by atoms with Gasteiger partial charge in [0.15, 0.2) is 5.82 Å². The predicted molar refractivity (Wildman–Crippen MR) is 170 cm³/mol. The number of benzene rings is 3. The highest BCUT2D eigenvalue weighted by atomic mass is 19.4. The van der Waals surface area contributed by atoms with Gasteiger partial charge in [-0.25, -0.2) is 9.07 Å². The summed E-state index contributed by atoms with van der Waals surface area (Å²) in [7, 11) is 3.88. The van der Waals surface area contributed by atoms with E-state index in [0.29, 0.717) is 35.4 Å². The van der Waals surface area contributed by atoms with E-state index in [1.54, 1.807) is 55.7 Å². The molecule has 0 aliphatic carbocycles. The van der Waals surface area contributed by atoms with Gasteiger partial charge in [0, 0.05) is 47.3 Å². The van der Waals surface area contributed by atoms with Crippen molar-refractivity contribution >= 4 is 39.9 Å². The van der Waals surface area contributed by atoms with Crippen LogP contribution in [0.25, 0.3) is 10.8 Å². The standard InChI is InChI=1S/C34H29F4N7O2/c1-19-30(33(47)41-25-10-8-24-17-39-13-12-22(24)14-25)31(23-9-11-26(27(35)15-23)34(36,37)38)45-29(40-19)16-28(43-45)42-32(46)21-6-4-20(5-7-21)18-44(2)3/h4-17,31,40H,18H2,1-3H3,(H,41,47)(H,42,43,46). The monoisotopic (exact) mass is 643 g/mol. The van der Waals surface area contributed by atoms with E-state index in [0.717, 1.165) is 28.5 Å². The summed E-state index contributed by atoms with van der Waals surface area (Å²) in [5, 5.41) is 14.9. The molecule has 1 aliphatic rings. The number of hydrogen-bond donors (Lipinski definition) is 3. The van der Waals surface area contributed by atoms with Gasteiger partial charge in [-0.2, -0.15) is 18.3 Å². The summed E-state index contributed by atoms with van der Waals surface area (Å²) in [5.41, 5.74) is 0.925. The van der Waals surface area contributed by atoms with Gasteiger partial charge in [-0.05, 0) is 80.0 Å². The van der Waals surface area contributed by atoms with E-state index in [1.165, 1.54) is 10.7 Å². The molecule has 2 aromatic heterocycles. The maximum atomic E-state index is 14.9. The van der Waals surface area contributed by atoms with Gasteiger partial charge in [0.05, 0.1) is 11.1 Å². The van der Waals surface area contributed by atoms with Crippen LogP contribution in [0.15, 0.2) is 96.5 Å². The van der Waals surface area contributed by atoms with E-state index < -0.39 is 35.4 Å². The highest BCUT2D eigenvalue weighted by molar-refractivity contribution is 6.07. The molecule has 1 aliphatic heterocycles. The summed E-state index contributed by atoms with van der Waals surface area (Å²) in [6, 6.07) is 17.0. The smallest absolute Gasteiger partial charge is 0.344 e. The summed E-state index contributed by atoms with van der Waals surface area (Å²) in [4.78, 5) is 33.1. The molecule has 1 unspecified atom stereocenters. The molecule has 0 spiro atoms. The number of nitrogens with one attached hydrogen (secondary N) is 3. The minimum Gasteiger partial charge on any atom is -0.344 e. The van der Waals surface area contributed by atoms with Crippen molar-refractivity contribution in [2.24, 2.45) is 0 Å². The highest BCUT2D eigenvalue weighted by Gasteiger charge is 2.37. The van der Waals surface area contributed by atoms with Crippen LogP contribution in [0.3, 0.4) is 0 Å². The van der Waals surface area contributed by atoms with E-state index in [-0.39, 0.29) is 17.0 Å². The van der Waals surface area contributed by atoms with Crippen LogP contribution >= 0.6 is 0 Å². The number of carbonyl (C=O) groups is 2. The van der Waals surface area contributed by atoms with Gasteiger partial charge in [-0.15, -0.1) is 0 Å². The van der Waals surface area contributed by atoms with E-state index in [2.05, 4.69) is 26.0 Å². The number of anilines is 3. The van der Waals surface area contributed by atoms with Crippen molar-refractivity contribution in [2.45, 2.75) is 25.7 Å². The lowest BCUT2D eigenvalue weighted by molar-refractivity contribution is -0.140. The van der Waals surface area contributed by atoms with E-state index >= 15 is 0 Å². The second-order valence-corrected chi connectivity index (χ2v) is 11.4. The highest BCUT2D eigenvalue weighted by Crippen LogP contribution is 2.40. The number of allylic oxidation sites excluding steroid dienone is 1. The molecule has 3 heterocycles. The molecule has 0 saturated carbocycles. The molecular weight excluding hydrogens is 614 g/mol. The van der Waals surface area contributed by atoms with Gasteiger partial charge >= 0.3 is 6.18 Å². The minimum absolute atomic E-state index is 0.0461. The summed E-state index contributed by atoms with van der Waals surface area (Å²) >= 11 is 0. The van der Waals surface area contributed by atoms with Gasteiger partial charge in [-0.3, -0.25) is 14.6 Å². The third kappa shape index (κ3) is 6.56. The number of carbonyl (C=O) groups excluding carboxylic acids is 2. The van der Waals surface area contributed by atoms with E-state index in [1.807, 2.05) is 31.1 Å². The van der Waals surface area contributed by atoms with Crippen molar-refractivity contribution in [3.63, 3.8) is 0 Å². The molecule has 0 saturated heterocycles. The van der Waals surface area contributed by atoms with Crippen LogP contribution in [-0.2, 0) is 17.5 Å². The predicted octanol–water partition coefficient (Wildman–Crippen LogP) is 6.83. The Morgan fingerprint density at radius 2 is 1.70 bits per heavy atom. The van der Waals surface area contributed by atoms with Crippen LogP contribution in [0.5, 0.6) is 0 Å². The molecular formula is C34H29F4N7O2. The minimum atomic E-state index is -4.91. The zero-order valence-corrected chi connectivity index (χ0v) is 25.5. The molecule has 0 radical (unpaired) electrons. The van der Waals surface area contributed by atoms with Crippen molar-refractivity contribution in [3.8, 4) is 0 Å². The molecule has 13 heteroatoms. The van der Waals surface area contributed by atoms with Crippen LogP contribution in [0, 0.1) is 5.82 Å². The fourth-order valence-corrected chi connectivity index (χ4v) is 5.54. The average molecular weight is 644 g/mol. The van der Waals surface area contributed by atoms with E-state index in [4.69, 9.17) is 0 Å². The third-order valence-corrected chi connectivity index (χ3v) is 7.69. The maximum absolute atomic E-state index is 14.9. The fraction of sp³-hybridized carbons (Fsp3) is 0.176. The van der Waals surface area contributed by atoms with Gasteiger partial charge in [-0.1, -0.05) is 24.3 Å². The number of hydrogen-bond acceptors (Lipinski definition) is 6. The van der Waals surface area contributed by atoms with Crippen LogP contribution in [0.4, 0.5) is 34.9 Å². The zero-order chi connectivity index (χ0) is 33.5. The molecule has 0 bridgehead atoms. The number of aromatic nitrogens is 3. The summed E-state index contributed by atoms with van der Waals surface area (Å²) in [5.74, 6) is -2.07. The average Bonchev–Trinajstić information content (AvgIpc) is 3.41. The third-order valence-electron chi connectivity index (χ3n) is 7.69. The molecule has 3 N–H and O–H groups in total. The van der Waals surface area contributed by atoms with Crippen molar-refractivity contribution < 1.29 is 27.2 Å². The van der Waals surface area contributed by atoms with Gasteiger partial charge in [0.25, 0.3) is 11.8 Å². The Morgan fingerprint density at radius 3 is 2.40 bits per heavy atom. The number of fused-ring (bicyclic) bond motifs is 2. The van der Waals surface area contributed by atoms with Crippen molar-refractivity contribution in [2.75, 3.05) is 30.0 Å². The second kappa shape index (κ2) is 12.3. The lowest BCUT2D eigenvalue weighted by atomic mass is 9.93. The summed E-state index contributed by atoms with van der Waals surface area (Å²) in [6.07, 6.45) is -1.60. The lowest BCUT2D eigenvalue weighted by Gasteiger charge is -2.30. The zero-order valence-electron chi connectivity index (χ0n) is 25.5. The van der Waals surface area contributed by atoms with Crippen LogP contribution in [0.2, 0.25) is 0 Å². The van der Waals surface area contributed by atoms with Crippen LogP contribution in [0.1, 0.15) is 40.0 Å². The van der Waals surface area contributed by atoms with Gasteiger partial charge in [0.1, 0.15) is 17.7 Å². The largest absolute Gasteiger partial charge is 0.419 e. The first-order chi connectivity index (χ1) is 22.4. The molecule has 6 rings (SSSR count). The Labute approximate surface area is 266 Å². The first kappa shape index (κ1) is 31.4.